The Labute approximate surface area is 220 Å². The van der Waals surface area contributed by atoms with E-state index in [1.165, 1.54) is 0 Å². The van der Waals surface area contributed by atoms with E-state index < -0.39 is 5.91 Å². The summed E-state index contributed by atoms with van der Waals surface area (Å²) >= 11 is 2.17. The van der Waals surface area contributed by atoms with Crippen LogP contribution in [-0.4, -0.2) is 26.1 Å². The molecule has 3 rings (SSSR count). The van der Waals surface area contributed by atoms with E-state index >= 15 is 0 Å². The van der Waals surface area contributed by atoms with Crippen molar-refractivity contribution in [3.63, 3.8) is 0 Å². The van der Waals surface area contributed by atoms with E-state index in [2.05, 4.69) is 46.7 Å². The summed E-state index contributed by atoms with van der Waals surface area (Å²) in [5, 5.41) is 12.4. The van der Waals surface area contributed by atoms with E-state index in [4.69, 9.17) is 9.47 Å². The van der Waals surface area contributed by atoms with Gasteiger partial charge < -0.3 is 19.7 Å². The summed E-state index contributed by atoms with van der Waals surface area (Å²) in [5.41, 5.74) is 3.42. The molecule has 3 aromatic carbocycles. The fourth-order valence-electron chi connectivity index (χ4n) is 3.55. The average Bonchev–Trinajstić information content (AvgIpc) is 2.88. The Balaban J connectivity index is 1.76. The average molecular weight is 581 g/mol. The fourth-order valence-corrected chi connectivity index (χ4v) is 4.33. The van der Waals surface area contributed by atoms with Gasteiger partial charge in [0.15, 0.2) is 11.5 Å². The van der Waals surface area contributed by atoms with Gasteiger partial charge in [-0.2, -0.15) is 5.26 Å². The monoisotopic (exact) mass is 581 g/mol. The van der Waals surface area contributed by atoms with E-state index in [1.54, 1.807) is 19.3 Å². The number of hydrogen-bond acceptors (Lipinski definition) is 5. The van der Waals surface area contributed by atoms with Crippen molar-refractivity contribution < 1.29 is 14.3 Å². The van der Waals surface area contributed by atoms with Gasteiger partial charge in [0.25, 0.3) is 5.91 Å². The van der Waals surface area contributed by atoms with E-state index in [1.807, 2.05) is 66.7 Å². The predicted molar refractivity (Wildman–Crippen MR) is 149 cm³/mol. The van der Waals surface area contributed by atoms with Crippen molar-refractivity contribution in [3.8, 4) is 17.6 Å². The standard InChI is InChI=1S/C28H28IN3O3/c1-4-32(5-2)24-13-11-23(12-14-24)31-28(33)22(18-30)15-21-16-25(29)27(26(17-21)34-3)35-19-20-9-7-6-8-10-20/h6-17H,4-5,19H2,1-3H3,(H,31,33)/b22-15-. The van der Waals surface area contributed by atoms with E-state index in [9.17, 15) is 10.1 Å². The second-order valence-corrected chi connectivity index (χ2v) is 8.81. The zero-order valence-electron chi connectivity index (χ0n) is 20.0. The third kappa shape index (κ3) is 6.99. The van der Waals surface area contributed by atoms with Gasteiger partial charge in [-0.05, 0) is 90.0 Å². The van der Waals surface area contributed by atoms with Crippen molar-refractivity contribution in [2.75, 3.05) is 30.4 Å². The molecule has 0 aliphatic carbocycles. The van der Waals surface area contributed by atoms with Crippen LogP contribution in [0.4, 0.5) is 11.4 Å². The second-order valence-electron chi connectivity index (χ2n) is 7.65. The molecule has 0 atom stereocenters. The quantitative estimate of drug-likeness (QED) is 0.174. The smallest absolute Gasteiger partial charge is 0.266 e. The van der Waals surface area contributed by atoms with Crippen LogP contribution in [0.2, 0.25) is 0 Å². The largest absolute Gasteiger partial charge is 0.493 e. The summed E-state index contributed by atoms with van der Waals surface area (Å²) in [5.74, 6) is 0.676. The van der Waals surface area contributed by atoms with Gasteiger partial charge in [-0.1, -0.05) is 30.3 Å². The number of nitrogens with one attached hydrogen (secondary N) is 1. The lowest BCUT2D eigenvalue weighted by atomic mass is 10.1. The molecule has 0 unspecified atom stereocenters. The molecule has 0 heterocycles. The number of nitriles is 1. The third-order valence-corrected chi connectivity index (χ3v) is 6.21. The maximum atomic E-state index is 12.8. The maximum absolute atomic E-state index is 12.8. The van der Waals surface area contributed by atoms with Gasteiger partial charge in [0.2, 0.25) is 0 Å². The first-order valence-electron chi connectivity index (χ1n) is 11.3. The minimum absolute atomic E-state index is 0.00590. The van der Waals surface area contributed by atoms with Crippen LogP contribution in [0.25, 0.3) is 6.08 Å². The first-order chi connectivity index (χ1) is 17.0. The highest BCUT2D eigenvalue weighted by Gasteiger charge is 2.14. The molecule has 0 aromatic heterocycles. The Morgan fingerprint density at radius 2 is 1.77 bits per heavy atom. The maximum Gasteiger partial charge on any atom is 0.266 e. The van der Waals surface area contributed by atoms with Gasteiger partial charge in [0.05, 0.1) is 10.7 Å². The van der Waals surface area contributed by atoms with Crippen LogP contribution in [0.3, 0.4) is 0 Å². The van der Waals surface area contributed by atoms with Crippen molar-refractivity contribution in [2.45, 2.75) is 20.5 Å². The van der Waals surface area contributed by atoms with Crippen LogP contribution in [-0.2, 0) is 11.4 Å². The summed E-state index contributed by atoms with van der Waals surface area (Å²) in [7, 11) is 1.56. The topological polar surface area (TPSA) is 74.6 Å². The molecule has 0 saturated carbocycles. The summed E-state index contributed by atoms with van der Waals surface area (Å²) < 4.78 is 12.3. The summed E-state index contributed by atoms with van der Waals surface area (Å²) in [6, 6.07) is 23.1. The molecule has 6 nitrogen and oxygen atoms in total. The minimum Gasteiger partial charge on any atom is -0.493 e. The minimum atomic E-state index is -0.471. The van der Waals surface area contributed by atoms with Crippen LogP contribution < -0.4 is 19.7 Å². The van der Waals surface area contributed by atoms with Gasteiger partial charge in [0.1, 0.15) is 18.2 Å². The van der Waals surface area contributed by atoms with E-state index in [-0.39, 0.29) is 5.57 Å². The molecule has 1 N–H and O–H groups in total. The number of amides is 1. The van der Waals surface area contributed by atoms with E-state index in [0.717, 1.165) is 27.9 Å². The van der Waals surface area contributed by atoms with Crippen molar-refractivity contribution >= 4 is 45.9 Å². The fraction of sp³-hybridized carbons (Fsp3) is 0.214. The molecule has 180 valence electrons. The van der Waals surface area contributed by atoms with Gasteiger partial charge >= 0.3 is 0 Å². The number of carbonyl (C=O) groups is 1. The summed E-state index contributed by atoms with van der Waals surface area (Å²) in [4.78, 5) is 15.0. The van der Waals surface area contributed by atoms with Crippen LogP contribution in [0, 0.1) is 14.9 Å². The van der Waals surface area contributed by atoms with Gasteiger partial charge in [-0.3, -0.25) is 4.79 Å². The number of anilines is 2. The number of hydrogen-bond donors (Lipinski definition) is 1. The lowest BCUT2D eigenvalue weighted by molar-refractivity contribution is -0.112. The van der Waals surface area contributed by atoms with Gasteiger partial charge in [0, 0.05) is 24.5 Å². The molecular weight excluding hydrogens is 553 g/mol. The first kappa shape index (κ1) is 26.1. The lowest BCUT2D eigenvalue weighted by Gasteiger charge is -2.21. The molecule has 3 aromatic rings. The Kier molecular flexibility index (Phi) is 9.56. The van der Waals surface area contributed by atoms with Crippen LogP contribution in [0.15, 0.2) is 72.3 Å². The molecule has 1 amide bonds. The SMILES string of the molecule is CCN(CC)c1ccc(NC(=O)/C(C#N)=C\c2cc(I)c(OCc3ccccc3)c(OC)c2)cc1. The number of nitrogens with zero attached hydrogens (tertiary/aromatic N) is 2. The van der Waals surface area contributed by atoms with Crippen molar-refractivity contribution in [1.29, 1.82) is 5.26 Å². The summed E-state index contributed by atoms with van der Waals surface area (Å²) in [6.07, 6.45) is 1.55. The van der Waals surface area contributed by atoms with E-state index in [0.29, 0.717) is 29.4 Å². The van der Waals surface area contributed by atoms with Crippen molar-refractivity contribution in [2.24, 2.45) is 0 Å². The molecule has 0 fully saturated rings. The highest BCUT2D eigenvalue weighted by atomic mass is 127. The number of ether oxygens (including phenoxy) is 2. The number of methoxy groups -OCH3 is 1. The second kappa shape index (κ2) is 12.8. The molecule has 0 aliphatic rings. The number of carbonyl (C=O) groups excluding carboxylic acids is 1. The molecule has 0 aliphatic heterocycles. The lowest BCUT2D eigenvalue weighted by Crippen LogP contribution is -2.21. The highest BCUT2D eigenvalue weighted by Crippen LogP contribution is 2.35. The number of halogens is 1. The van der Waals surface area contributed by atoms with Gasteiger partial charge in [-0.25, -0.2) is 0 Å². The van der Waals surface area contributed by atoms with Gasteiger partial charge in [-0.15, -0.1) is 0 Å². The normalized spacial score (nSPS) is 10.9. The van der Waals surface area contributed by atoms with Crippen molar-refractivity contribution in [1.82, 2.24) is 0 Å². The van der Waals surface area contributed by atoms with Crippen LogP contribution in [0.5, 0.6) is 11.5 Å². The first-order valence-corrected chi connectivity index (χ1v) is 12.4. The molecule has 0 bridgehead atoms. The Hall–Kier alpha value is -3.51. The zero-order valence-corrected chi connectivity index (χ0v) is 22.2. The van der Waals surface area contributed by atoms with Crippen LogP contribution >= 0.6 is 22.6 Å². The number of benzene rings is 3. The van der Waals surface area contributed by atoms with Crippen LogP contribution in [0.1, 0.15) is 25.0 Å². The Morgan fingerprint density at radius 1 is 1.09 bits per heavy atom. The zero-order chi connectivity index (χ0) is 25.2. The third-order valence-electron chi connectivity index (χ3n) is 5.41. The number of rotatable bonds is 10. The molecular formula is C28H28IN3O3. The molecule has 0 saturated heterocycles. The molecule has 7 heteroatoms. The Bertz CT molecular complexity index is 1210. The predicted octanol–water partition coefficient (Wildman–Crippen LogP) is 6.27. The summed E-state index contributed by atoms with van der Waals surface area (Å²) in [6.45, 7) is 6.41. The van der Waals surface area contributed by atoms with Crippen molar-refractivity contribution in [3.05, 3.63) is 87.0 Å². The molecule has 0 radical (unpaired) electrons. The Morgan fingerprint density at radius 3 is 2.37 bits per heavy atom. The molecule has 0 spiro atoms. The molecule has 35 heavy (non-hydrogen) atoms. The highest BCUT2D eigenvalue weighted by molar-refractivity contribution is 14.1.